The minimum absolute atomic E-state index is 0.138. The van der Waals surface area contributed by atoms with Gasteiger partial charge < -0.3 is 5.11 Å². The van der Waals surface area contributed by atoms with Gasteiger partial charge in [0.05, 0.1) is 32.6 Å². The molecule has 1 aromatic carbocycles. The predicted octanol–water partition coefficient (Wildman–Crippen LogP) is 3.05. The van der Waals surface area contributed by atoms with Gasteiger partial charge in [-0.25, -0.2) is 4.39 Å². The van der Waals surface area contributed by atoms with E-state index in [0.717, 1.165) is 4.68 Å². The summed E-state index contributed by atoms with van der Waals surface area (Å²) in [6, 6.07) is 4.07. The molecular weight excluding hydrogens is 331 g/mol. The second-order valence-corrected chi connectivity index (χ2v) is 5.91. The third-order valence-electron chi connectivity index (χ3n) is 3.71. The molecule has 5 nitrogen and oxygen atoms in total. The van der Waals surface area contributed by atoms with E-state index in [1.54, 1.807) is 10.8 Å². The predicted molar refractivity (Wildman–Crippen MR) is 90.9 cm³/mol. The lowest BCUT2D eigenvalue weighted by atomic mass is 9.97. The van der Waals surface area contributed by atoms with Crippen molar-refractivity contribution >= 4 is 22.5 Å². The number of aliphatic hydroxyl groups excluding tert-OH is 1. The summed E-state index contributed by atoms with van der Waals surface area (Å²) in [5.41, 5.74) is 2.12. The molecule has 3 rings (SSSR count). The van der Waals surface area contributed by atoms with Crippen molar-refractivity contribution in [1.82, 2.24) is 9.78 Å². The van der Waals surface area contributed by atoms with Gasteiger partial charge in [-0.05, 0) is 37.5 Å². The van der Waals surface area contributed by atoms with Crippen molar-refractivity contribution in [2.24, 2.45) is 5.10 Å². The molecule has 2 heterocycles. The maximum absolute atomic E-state index is 13.6. The summed E-state index contributed by atoms with van der Waals surface area (Å²) >= 11 is 6.11. The summed E-state index contributed by atoms with van der Waals surface area (Å²) in [5.74, 6) is -0.477. The lowest BCUT2D eigenvalue weighted by Crippen LogP contribution is -2.16. The highest BCUT2D eigenvalue weighted by Gasteiger charge is 2.30. The van der Waals surface area contributed by atoms with Crippen LogP contribution in [0.1, 0.15) is 49.8 Å². The van der Waals surface area contributed by atoms with Crippen LogP contribution in [-0.4, -0.2) is 30.5 Å². The van der Waals surface area contributed by atoms with Gasteiger partial charge in [0, 0.05) is 21.9 Å². The van der Waals surface area contributed by atoms with Gasteiger partial charge in [-0.15, -0.1) is 0 Å². The standard InChI is InChI=1S/C17H19ClFN4O/c1-3-22-9-12(8-20-22)10-23-16(7-17(18)21-23)14-5-4-13(19)6-15(14)11(2)24/h4-6,8-9,11,24H,3,7,10H2,1-2H3/q+1/t11-/m1/s1/i1D3,3D2. The zero-order chi connectivity index (χ0) is 21.6. The monoisotopic (exact) mass is 354 g/mol. The van der Waals surface area contributed by atoms with Crippen LogP contribution in [0.5, 0.6) is 0 Å². The van der Waals surface area contributed by atoms with E-state index in [1.807, 2.05) is 0 Å². The van der Waals surface area contributed by atoms with Crippen molar-refractivity contribution in [2.45, 2.75) is 39.3 Å². The first-order chi connectivity index (χ1) is 13.4. The second-order valence-electron chi connectivity index (χ2n) is 5.47. The van der Waals surface area contributed by atoms with E-state index in [1.165, 1.54) is 31.5 Å². The summed E-state index contributed by atoms with van der Waals surface area (Å²) in [7, 11) is 0. The minimum atomic E-state index is -2.89. The molecule has 1 aliphatic heterocycles. The van der Waals surface area contributed by atoms with Crippen LogP contribution < -0.4 is 0 Å². The van der Waals surface area contributed by atoms with Crippen LogP contribution in [0, 0.1) is 5.82 Å². The second kappa shape index (κ2) is 6.83. The third-order valence-corrected chi connectivity index (χ3v) is 3.92. The Hall–Kier alpha value is -2.05. The SMILES string of the molecule is [2H]C([2H])([2H])C([2H])([2H])n1cc(C[N+]2=C(c3ccc(F)cc3[C@@H](C)O)CC(Cl)=N2)cn1. The van der Waals surface area contributed by atoms with Crippen LogP contribution in [0.15, 0.2) is 35.7 Å². The van der Waals surface area contributed by atoms with Gasteiger partial charge in [0.15, 0.2) is 5.17 Å². The van der Waals surface area contributed by atoms with Crippen molar-refractivity contribution in [3.63, 3.8) is 0 Å². The molecule has 1 atom stereocenters. The lowest BCUT2D eigenvalue weighted by molar-refractivity contribution is -0.546. The zero-order valence-corrected chi connectivity index (χ0v) is 13.6. The minimum Gasteiger partial charge on any atom is -0.389 e. The average molecular weight is 355 g/mol. The molecule has 0 fully saturated rings. The van der Waals surface area contributed by atoms with Gasteiger partial charge in [-0.3, -0.25) is 4.68 Å². The number of hydrogen-bond acceptors (Lipinski definition) is 3. The normalized spacial score (nSPS) is 20.0. The maximum Gasteiger partial charge on any atom is 0.223 e. The molecule has 0 aliphatic carbocycles. The van der Waals surface area contributed by atoms with Crippen molar-refractivity contribution in [2.75, 3.05) is 0 Å². The molecule has 0 radical (unpaired) electrons. The number of halogens is 2. The smallest absolute Gasteiger partial charge is 0.223 e. The van der Waals surface area contributed by atoms with E-state index in [-0.39, 0.29) is 13.0 Å². The van der Waals surface area contributed by atoms with E-state index in [9.17, 15) is 9.50 Å². The molecule has 0 saturated heterocycles. The Bertz CT molecular complexity index is 1000. The number of aliphatic hydroxyl groups is 1. The first-order valence-electron chi connectivity index (χ1n) is 9.78. The van der Waals surface area contributed by atoms with E-state index in [0.29, 0.717) is 27.6 Å². The molecule has 0 spiro atoms. The summed E-state index contributed by atoms with van der Waals surface area (Å²) in [4.78, 5) is 0. The Morgan fingerprint density at radius 2 is 2.42 bits per heavy atom. The van der Waals surface area contributed by atoms with Gasteiger partial charge in [0.1, 0.15) is 5.82 Å². The van der Waals surface area contributed by atoms with Crippen LogP contribution in [-0.2, 0) is 13.0 Å². The van der Waals surface area contributed by atoms with E-state index >= 15 is 0 Å². The Kier molecular flexibility index (Phi) is 3.27. The van der Waals surface area contributed by atoms with Gasteiger partial charge in [0.2, 0.25) is 12.3 Å². The van der Waals surface area contributed by atoms with Crippen LogP contribution in [0.4, 0.5) is 4.39 Å². The molecular formula is C17H19ClFN4O+. The highest BCUT2D eigenvalue weighted by Crippen LogP contribution is 2.24. The van der Waals surface area contributed by atoms with Gasteiger partial charge in [0.25, 0.3) is 0 Å². The van der Waals surface area contributed by atoms with Crippen molar-refractivity contribution in [3.8, 4) is 0 Å². The topological polar surface area (TPSA) is 53.4 Å². The summed E-state index contributed by atoms with van der Waals surface area (Å²) in [5, 5.41) is 18.4. The molecule has 1 N–H and O–H groups in total. The molecule has 0 saturated carbocycles. The summed E-state index contributed by atoms with van der Waals surface area (Å²) in [6.07, 6.45) is 2.01. The van der Waals surface area contributed by atoms with E-state index in [2.05, 4.69) is 10.2 Å². The number of aryl methyl sites for hydroxylation is 1. The highest BCUT2D eigenvalue weighted by atomic mass is 35.5. The van der Waals surface area contributed by atoms with E-state index < -0.39 is 25.3 Å². The molecule has 24 heavy (non-hydrogen) atoms. The van der Waals surface area contributed by atoms with Crippen LogP contribution in [0.25, 0.3) is 0 Å². The first kappa shape index (κ1) is 11.5. The Balaban J connectivity index is 1.98. The molecule has 1 aliphatic rings. The van der Waals surface area contributed by atoms with Crippen molar-refractivity contribution in [3.05, 3.63) is 53.1 Å². The molecule has 0 bridgehead atoms. The van der Waals surface area contributed by atoms with Crippen LogP contribution in [0.3, 0.4) is 0 Å². The fourth-order valence-electron chi connectivity index (χ4n) is 2.64. The highest BCUT2D eigenvalue weighted by molar-refractivity contribution is 6.67. The number of hydrogen-bond donors (Lipinski definition) is 1. The van der Waals surface area contributed by atoms with Crippen LogP contribution >= 0.6 is 11.6 Å². The first-order valence-corrected chi connectivity index (χ1v) is 7.66. The molecule has 0 unspecified atom stereocenters. The largest absolute Gasteiger partial charge is 0.389 e. The number of aromatic nitrogens is 2. The molecule has 0 amide bonds. The molecule has 7 heteroatoms. The summed E-state index contributed by atoms with van der Waals surface area (Å²) in [6.45, 7) is -3.89. The average Bonchev–Trinajstić information content (AvgIpc) is 3.21. The summed E-state index contributed by atoms with van der Waals surface area (Å²) < 4.78 is 53.6. The molecule has 126 valence electrons. The van der Waals surface area contributed by atoms with Gasteiger partial charge in [-0.2, -0.15) is 5.10 Å². The number of hydrazone groups is 1. The molecule has 1 aromatic heterocycles. The molecule has 2 aromatic rings. The quantitative estimate of drug-likeness (QED) is 0.839. The van der Waals surface area contributed by atoms with Crippen LogP contribution in [0.2, 0.25) is 0 Å². The lowest BCUT2D eigenvalue weighted by Gasteiger charge is -2.10. The number of benzene rings is 1. The number of rotatable bonds is 5. The van der Waals surface area contributed by atoms with Gasteiger partial charge >= 0.3 is 0 Å². The maximum atomic E-state index is 13.6. The zero-order valence-electron chi connectivity index (χ0n) is 17.9. The van der Waals surface area contributed by atoms with Crippen molar-refractivity contribution in [1.29, 1.82) is 0 Å². The number of nitrogens with zero attached hydrogens (tertiary/aromatic N) is 4. The van der Waals surface area contributed by atoms with Gasteiger partial charge in [-0.1, -0.05) is 16.3 Å². The van der Waals surface area contributed by atoms with E-state index in [4.69, 9.17) is 18.5 Å². The third kappa shape index (κ3) is 3.39. The Labute approximate surface area is 151 Å². The Morgan fingerprint density at radius 1 is 1.58 bits per heavy atom. The van der Waals surface area contributed by atoms with Crippen molar-refractivity contribution < 1.29 is 21.0 Å². The fraction of sp³-hybridized carbons (Fsp3) is 0.353. The fourth-order valence-corrected chi connectivity index (χ4v) is 2.86. The Morgan fingerprint density at radius 3 is 3.17 bits per heavy atom.